The third-order valence-electron chi connectivity index (χ3n) is 3.99. The van der Waals surface area contributed by atoms with Gasteiger partial charge in [-0.15, -0.1) is 0 Å². The molecule has 1 heterocycles. The van der Waals surface area contributed by atoms with Gasteiger partial charge >= 0.3 is 5.69 Å². The third-order valence-corrected chi connectivity index (χ3v) is 4.53. The molecule has 0 aliphatic carbocycles. The highest BCUT2D eigenvalue weighted by molar-refractivity contribution is 7.80. The van der Waals surface area contributed by atoms with Crippen molar-refractivity contribution in [3.63, 3.8) is 0 Å². The van der Waals surface area contributed by atoms with Gasteiger partial charge in [-0.2, -0.15) is 0 Å². The Labute approximate surface area is 174 Å². The number of aromatic hydroxyl groups is 1. The molecule has 2 amide bonds. The molecule has 3 rings (SSSR count). The lowest BCUT2D eigenvalue weighted by Gasteiger charge is -2.28. The van der Waals surface area contributed by atoms with E-state index in [0.717, 1.165) is 17.0 Å². The number of amides is 2. The van der Waals surface area contributed by atoms with Crippen LogP contribution in [0.2, 0.25) is 5.02 Å². The van der Waals surface area contributed by atoms with Crippen LogP contribution in [0.5, 0.6) is 11.5 Å². The number of nitro groups is 1. The summed E-state index contributed by atoms with van der Waals surface area (Å²) in [6.07, 6.45) is 1.15. The summed E-state index contributed by atoms with van der Waals surface area (Å²) in [5, 5.41) is 23.8. The van der Waals surface area contributed by atoms with Gasteiger partial charge in [0, 0.05) is 11.1 Å². The number of carbonyl (C=O) groups is 2. The Morgan fingerprint density at radius 2 is 1.93 bits per heavy atom. The molecule has 9 nitrogen and oxygen atoms in total. The minimum Gasteiger partial charge on any atom is -0.500 e. The lowest BCUT2D eigenvalue weighted by Crippen LogP contribution is -2.54. The Hall–Kier alpha value is -3.50. The van der Waals surface area contributed by atoms with Crippen LogP contribution in [-0.2, 0) is 9.59 Å². The van der Waals surface area contributed by atoms with Gasteiger partial charge in [0.15, 0.2) is 10.9 Å². The van der Waals surface area contributed by atoms with Gasteiger partial charge in [0.2, 0.25) is 5.75 Å². The number of hydrogen-bond donors (Lipinski definition) is 2. The van der Waals surface area contributed by atoms with E-state index in [1.807, 2.05) is 0 Å². The quantitative estimate of drug-likeness (QED) is 0.250. The van der Waals surface area contributed by atoms with Gasteiger partial charge in [-0.3, -0.25) is 29.9 Å². The van der Waals surface area contributed by atoms with Crippen molar-refractivity contribution in [3.8, 4) is 11.5 Å². The summed E-state index contributed by atoms with van der Waals surface area (Å²) in [5.74, 6) is -2.33. The zero-order valence-corrected chi connectivity index (χ0v) is 16.3. The van der Waals surface area contributed by atoms with Crippen molar-refractivity contribution in [2.75, 3.05) is 12.0 Å². The predicted octanol–water partition coefficient (Wildman–Crippen LogP) is 2.79. The molecule has 0 bridgehead atoms. The number of anilines is 1. The predicted molar refractivity (Wildman–Crippen MR) is 109 cm³/mol. The smallest absolute Gasteiger partial charge is 0.315 e. The first kappa shape index (κ1) is 20.2. The van der Waals surface area contributed by atoms with Crippen molar-refractivity contribution in [1.82, 2.24) is 5.32 Å². The maximum Gasteiger partial charge on any atom is 0.315 e. The fraction of sp³-hybridized carbons (Fsp3) is 0.0556. The van der Waals surface area contributed by atoms with Crippen LogP contribution in [0.15, 0.2) is 42.0 Å². The second-order valence-corrected chi connectivity index (χ2v) is 6.61. The number of phenolic OH excluding ortho intramolecular Hbond substituents is 1. The molecular formula is C18H12ClN3O6S. The van der Waals surface area contributed by atoms with Crippen LogP contribution in [0, 0.1) is 10.1 Å². The molecule has 0 radical (unpaired) electrons. The normalized spacial score (nSPS) is 15.4. The average Bonchev–Trinajstić information content (AvgIpc) is 2.67. The van der Waals surface area contributed by atoms with Crippen LogP contribution in [0.25, 0.3) is 6.08 Å². The fourth-order valence-electron chi connectivity index (χ4n) is 2.64. The number of nitro benzene ring substituents is 1. The zero-order chi connectivity index (χ0) is 21.3. The van der Waals surface area contributed by atoms with Crippen LogP contribution in [-0.4, -0.2) is 34.1 Å². The van der Waals surface area contributed by atoms with E-state index in [4.69, 9.17) is 28.6 Å². The molecule has 0 unspecified atom stereocenters. The highest BCUT2D eigenvalue weighted by atomic mass is 35.5. The molecular weight excluding hydrogens is 422 g/mol. The summed E-state index contributed by atoms with van der Waals surface area (Å²) >= 11 is 11.0. The standard InChI is InChI=1S/C18H12ClN3O6S/c1-28-14-8-9(7-13(15(14)23)22(26)27)6-12-16(24)20-18(29)21(17(12)25)11-4-2-10(19)3-5-11/h2-8,23H,1H3,(H,20,24,29). The van der Waals surface area contributed by atoms with Crippen LogP contribution < -0.4 is 15.0 Å². The summed E-state index contributed by atoms with van der Waals surface area (Å²) in [6, 6.07) is 8.49. The summed E-state index contributed by atoms with van der Waals surface area (Å²) in [7, 11) is 1.22. The first-order valence-corrected chi connectivity index (χ1v) is 8.74. The van der Waals surface area contributed by atoms with Crippen LogP contribution >= 0.6 is 23.8 Å². The second kappa shape index (κ2) is 7.86. The molecule has 1 aliphatic rings. The largest absolute Gasteiger partial charge is 0.500 e. The van der Waals surface area contributed by atoms with E-state index in [1.165, 1.54) is 13.2 Å². The van der Waals surface area contributed by atoms with Crippen molar-refractivity contribution in [1.29, 1.82) is 0 Å². The first-order chi connectivity index (χ1) is 13.7. The van der Waals surface area contributed by atoms with Gasteiger partial charge < -0.3 is 9.84 Å². The van der Waals surface area contributed by atoms with E-state index in [0.29, 0.717) is 10.7 Å². The lowest BCUT2D eigenvalue weighted by molar-refractivity contribution is -0.386. The summed E-state index contributed by atoms with van der Waals surface area (Å²) < 4.78 is 4.93. The first-order valence-electron chi connectivity index (χ1n) is 7.95. The highest BCUT2D eigenvalue weighted by Gasteiger charge is 2.34. The molecule has 0 aromatic heterocycles. The van der Waals surface area contributed by atoms with E-state index < -0.39 is 28.2 Å². The van der Waals surface area contributed by atoms with Gasteiger partial charge in [-0.1, -0.05) is 11.6 Å². The summed E-state index contributed by atoms with van der Waals surface area (Å²) in [6.45, 7) is 0. The number of halogens is 1. The average molecular weight is 434 g/mol. The van der Waals surface area contributed by atoms with E-state index in [9.17, 15) is 24.8 Å². The van der Waals surface area contributed by atoms with Crippen molar-refractivity contribution in [3.05, 3.63) is 62.7 Å². The minimum atomic E-state index is -0.808. The number of ether oxygens (including phenoxy) is 1. The monoisotopic (exact) mass is 433 g/mol. The number of methoxy groups -OCH3 is 1. The fourth-order valence-corrected chi connectivity index (χ4v) is 3.05. The number of phenols is 1. The Balaban J connectivity index is 2.08. The maximum absolute atomic E-state index is 12.9. The second-order valence-electron chi connectivity index (χ2n) is 5.78. The molecule has 148 valence electrons. The molecule has 1 saturated heterocycles. The molecule has 11 heteroatoms. The molecule has 2 aromatic rings. The molecule has 0 saturated carbocycles. The van der Waals surface area contributed by atoms with E-state index in [1.54, 1.807) is 24.3 Å². The van der Waals surface area contributed by atoms with E-state index >= 15 is 0 Å². The minimum absolute atomic E-state index is 0.105. The molecule has 29 heavy (non-hydrogen) atoms. The number of nitrogens with zero attached hydrogens (tertiary/aromatic N) is 2. The van der Waals surface area contributed by atoms with Crippen molar-refractivity contribution in [2.45, 2.75) is 0 Å². The summed E-state index contributed by atoms with van der Waals surface area (Å²) in [5.41, 5.74) is -0.459. The number of nitrogens with one attached hydrogen (secondary N) is 1. The number of hydrogen-bond acceptors (Lipinski definition) is 7. The third kappa shape index (κ3) is 3.89. The molecule has 1 aliphatic heterocycles. The highest BCUT2D eigenvalue weighted by Crippen LogP contribution is 2.37. The van der Waals surface area contributed by atoms with Crippen LogP contribution in [0.1, 0.15) is 5.56 Å². The molecule has 2 N–H and O–H groups in total. The van der Waals surface area contributed by atoms with E-state index in [-0.39, 0.29) is 22.0 Å². The zero-order valence-electron chi connectivity index (χ0n) is 14.7. The number of carbonyl (C=O) groups excluding carboxylic acids is 2. The summed E-state index contributed by atoms with van der Waals surface area (Å²) in [4.78, 5) is 36.7. The molecule has 2 aromatic carbocycles. The Bertz CT molecular complexity index is 1080. The maximum atomic E-state index is 12.9. The lowest BCUT2D eigenvalue weighted by atomic mass is 10.1. The van der Waals surface area contributed by atoms with Gasteiger partial charge in [0.25, 0.3) is 11.8 Å². The van der Waals surface area contributed by atoms with E-state index in [2.05, 4.69) is 5.32 Å². The van der Waals surface area contributed by atoms with Crippen molar-refractivity contribution >= 4 is 58.2 Å². The van der Waals surface area contributed by atoms with Crippen molar-refractivity contribution in [2.24, 2.45) is 0 Å². The van der Waals surface area contributed by atoms with Gasteiger partial charge in [0.05, 0.1) is 17.7 Å². The molecule has 0 atom stereocenters. The van der Waals surface area contributed by atoms with Gasteiger partial charge in [0.1, 0.15) is 5.57 Å². The Kier molecular flexibility index (Phi) is 5.48. The Morgan fingerprint density at radius 1 is 1.28 bits per heavy atom. The molecule has 1 fully saturated rings. The Morgan fingerprint density at radius 3 is 2.52 bits per heavy atom. The number of benzene rings is 2. The topological polar surface area (TPSA) is 122 Å². The van der Waals surface area contributed by atoms with Crippen molar-refractivity contribution < 1.29 is 24.4 Å². The van der Waals surface area contributed by atoms with Crippen LogP contribution in [0.3, 0.4) is 0 Å². The molecule has 0 spiro atoms. The van der Waals surface area contributed by atoms with Crippen LogP contribution in [0.4, 0.5) is 11.4 Å². The SMILES string of the molecule is COc1cc(C=C2C(=O)NC(=S)N(c3ccc(Cl)cc3)C2=O)cc([N+](=O)[O-])c1O. The van der Waals surface area contributed by atoms with Gasteiger partial charge in [-0.05, 0) is 54.2 Å². The number of thiocarbonyl (C=S) groups is 1. The number of rotatable bonds is 4. The van der Waals surface area contributed by atoms with Gasteiger partial charge in [-0.25, -0.2) is 0 Å².